The molecule has 3 aromatic heterocycles. The normalized spacial score (nSPS) is 16.9. The van der Waals surface area contributed by atoms with Crippen LogP contribution < -0.4 is 4.74 Å². The quantitative estimate of drug-likeness (QED) is 0.166. The average molecular weight is 623 g/mol. The smallest absolute Gasteiger partial charge is 0.137 e. The van der Waals surface area contributed by atoms with Crippen LogP contribution in [0, 0.1) is 19.8 Å². The third kappa shape index (κ3) is 5.56. The Morgan fingerprint density at radius 3 is 2.32 bits per heavy atom. The molecule has 0 aliphatic heterocycles. The summed E-state index contributed by atoms with van der Waals surface area (Å²) in [6, 6.07) is 25.9. The number of aryl methyl sites for hydroxylation is 1. The molecule has 5 heteroatoms. The molecule has 0 radical (unpaired) electrons. The van der Waals surface area contributed by atoms with Gasteiger partial charge in [-0.1, -0.05) is 64.5 Å². The van der Waals surface area contributed by atoms with E-state index in [4.69, 9.17) is 14.8 Å². The molecule has 5 nitrogen and oxygen atoms in total. The highest BCUT2D eigenvalue weighted by atomic mass is 16.5. The van der Waals surface area contributed by atoms with Crippen LogP contribution >= 0.6 is 0 Å². The highest BCUT2D eigenvalue weighted by molar-refractivity contribution is 6.09. The Hall–Kier alpha value is -4.64. The predicted molar refractivity (Wildman–Crippen MR) is 195 cm³/mol. The molecule has 240 valence electrons. The number of pyridine rings is 1. The second-order valence-corrected chi connectivity index (χ2v) is 14.1. The molecule has 3 heterocycles. The minimum absolute atomic E-state index is 0.335. The van der Waals surface area contributed by atoms with E-state index in [0.717, 1.165) is 39.7 Å². The molecular formula is C42H46N4O. The van der Waals surface area contributed by atoms with Crippen molar-refractivity contribution in [1.82, 2.24) is 19.3 Å². The fraction of sp³-hybridized carbons (Fsp3) is 0.333. The van der Waals surface area contributed by atoms with E-state index < -0.39 is 0 Å². The van der Waals surface area contributed by atoms with Crippen molar-refractivity contribution >= 4 is 21.8 Å². The standard InChI is InChI=1S/C42H46N4O/c1-25(2)31-18-19-43-40(22-31)45-38-15-10-9-14-36(38)37-17-16-34(24-39(37)45)47-35-21-32(26(3)4)20-33(23-35)46-30(8)42(29(7)44-46)41-27(5)12-11-13-28(41)6/h9-10,12,14-26,28,41H,11,13H2,1-8H3/t28-,41?/m0/s1. The first kappa shape index (κ1) is 31.0. The summed E-state index contributed by atoms with van der Waals surface area (Å²) in [5, 5.41) is 7.51. The van der Waals surface area contributed by atoms with Crippen LogP contribution in [0.15, 0.2) is 90.6 Å². The Kier molecular flexibility index (Phi) is 8.03. The van der Waals surface area contributed by atoms with Crippen molar-refractivity contribution in [3.8, 4) is 23.0 Å². The van der Waals surface area contributed by atoms with E-state index in [9.17, 15) is 0 Å². The van der Waals surface area contributed by atoms with Crippen molar-refractivity contribution < 1.29 is 4.74 Å². The number of aromatic nitrogens is 4. The zero-order valence-electron chi connectivity index (χ0n) is 29.0. The Labute approximate surface area is 278 Å². The number of ether oxygens (including phenoxy) is 1. The van der Waals surface area contributed by atoms with Gasteiger partial charge in [0, 0.05) is 46.3 Å². The Bertz CT molecular complexity index is 2140. The van der Waals surface area contributed by atoms with E-state index in [1.807, 2.05) is 6.20 Å². The van der Waals surface area contributed by atoms with Gasteiger partial charge in [-0.05, 0) is 105 Å². The van der Waals surface area contributed by atoms with Crippen molar-refractivity contribution in [2.75, 3.05) is 0 Å². The van der Waals surface area contributed by atoms with E-state index >= 15 is 0 Å². The molecule has 2 atom stereocenters. The van der Waals surface area contributed by atoms with Gasteiger partial charge >= 0.3 is 0 Å². The highest BCUT2D eigenvalue weighted by Gasteiger charge is 2.29. The lowest BCUT2D eigenvalue weighted by Gasteiger charge is -2.29. The lowest BCUT2D eigenvalue weighted by molar-refractivity contribution is 0.447. The molecule has 7 rings (SSSR count). The second kappa shape index (κ2) is 12.2. The first-order valence-electron chi connectivity index (χ1n) is 17.2. The van der Waals surface area contributed by atoms with E-state index in [2.05, 4.69) is 144 Å². The summed E-state index contributed by atoms with van der Waals surface area (Å²) in [5.41, 5.74) is 10.9. The van der Waals surface area contributed by atoms with Gasteiger partial charge in [0.2, 0.25) is 0 Å². The van der Waals surface area contributed by atoms with Crippen molar-refractivity contribution in [1.29, 1.82) is 0 Å². The van der Waals surface area contributed by atoms with Gasteiger partial charge in [-0.3, -0.25) is 4.57 Å². The van der Waals surface area contributed by atoms with Crippen molar-refractivity contribution in [2.45, 2.75) is 86.0 Å². The fourth-order valence-corrected chi connectivity index (χ4v) is 7.62. The number of rotatable bonds is 7. The Morgan fingerprint density at radius 1 is 0.787 bits per heavy atom. The summed E-state index contributed by atoms with van der Waals surface area (Å²) in [6.07, 6.45) is 6.72. The maximum Gasteiger partial charge on any atom is 0.137 e. The van der Waals surface area contributed by atoms with Gasteiger partial charge in [0.15, 0.2) is 0 Å². The number of fused-ring (bicyclic) bond motifs is 3. The number of benzene rings is 3. The van der Waals surface area contributed by atoms with E-state index in [1.54, 1.807) is 0 Å². The van der Waals surface area contributed by atoms with Crippen LogP contribution in [-0.2, 0) is 0 Å². The molecule has 0 fully saturated rings. The van der Waals surface area contributed by atoms with Crippen LogP contribution in [-0.4, -0.2) is 19.3 Å². The Balaban J connectivity index is 1.32. The summed E-state index contributed by atoms with van der Waals surface area (Å²) in [7, 11) is 0. The number of para-hydroxylation sites is 1. The highest BCUT2D eigenvalue weighted by Crippen LogP contribution is 2.42. The van der Waals surface area contributed by atoms with Crippen LogP contribution in [0.5, 0.6) is 11.5 Å². The largest absolute Gasteiger partial charge is 0.457 e. The minimum Gasteiger partial charge on any atom is -0.457 e. The second-order valence-electron chi connectivity index (χ2n) is 14.1. The van der Waals surface area contributed by atoms with E-state index in [1.165, 1.54) is 51.6 Å². The van der Waals surface area contributed by atoms with Crippen LogP contribution in [0.25, 0.3) is 33.3 Å². The molecule has 1 aliphatic carbocycles. The molecule has 0 amide bonds. The van der Waals surface area contributed by atoms with Gasteiger partial charge in [0.1, 0.15) is 17.3 Å². The molecule has 0 N–H and O–H groups in total. The molecule has 6 aromatic rings. The van der Waals surface area contributed by atoms with Gasteiger partial charge in [-0.2, -0.15) is 5.10 Å². The van der Waals surface area contributed by atoms with Gasteiger partial charge in [-0.25, -0.2) is 9.67 Å². The van der Waals surface area contributed by atoms with Crippen LogP contribution in [0.3, 0.4) is 0 Å². The molecule has 0 bridgehead atoms. The van der Waals surface area contributed by atoms with Crippen LogP contribution in [0.4, 0.5) is 0 Å². The topological polar surface area (TPSA) is 44.9 Å². The summed E-state index contributed by atoms with van der Waals surface area (Å²) >= 11 is 0. The van der Waals surface area contributed by atoms with Gasteiger partial charge in [0.05, 0.1) is 22.4 Å². The monoisotopic (exact) mass is 622 g/mol. The third-order valence-electron chi connectivity index (χ3n) is 10.2. The number of nitrogens with zero attached hydrogens (tertiary/aromatic N) is 4. The molecule has 0 saturated carbocycles. The molecule has 3 aromatic carbocycles. The predicted octanol–water partition coefficient (Wildman–Crippen LogP) is 11.5. The number of hydrogen-bond acceptors (Lipinski definition) is 3. The van der Waals surface area contributed by atoms with Crippen molar-refractivity contribution in [3.63, 3.8) is 0 Å². The van der Waals surface area contributed by atoms with Crippen molar-refractivity contribution in [3.05, 3.63) is 119 Å². The maximum atomic E-state index is 6.73. The number of hydrogen-bond donors (Lipinski definition) is 0. The molecular weight excluding hydrogens is 576 g/mol. The van der Waals surface area contributed by atoms with Crippen LogP contribution in [0.1, 0.15) is 100 Å². The molecule has 47 heavy (non-hydrogen) atoms. The van der Waals surface area contributed by atoms with E-state index in [0.29, 0.717) is 23.7 Å². The lowest BCUT2D eigenvalue weighted by atomic mass is 9.75. The third-order valence-corrected chi connectivity index (χ3v) is 10.2. The first-order chi connectivity index (χ1) is 22.6. The SMILES string of the molecule is CC1=CCC[C@H](C)C1c1c(C)nn(-c2cc(Oc3ccc4c5ccccc5n(-c5cc(C(C)C)ccn5)c4c3)cc(C(C)C)c2)c1C. The maximum absolute atomic E-state index is 6.73. The molecule has 0 spiro atoms. The summed E-state index contributed by atoms with van der Waals surface area (Å²) in [4.78, 5) is 4.82. The summed E-state index contributed by atoms with van der Waals surface area (Å²) in [5.74, 6) is 4.28. The average Bonchev–Trinajstić information content (AvgIpc) is 3.53. The fourth-order valence-electron chi connectivity index (χ4n) is 7.62. The van der Waals surface area contributed by atoms with E-state index in [-0.39, 0.29) is 0 Å². The Morgan fingerprint density at radius 2 is 1.55 bits per heavy atom. The number of allylic oxidation sites excluding steroid dienone is 2. The minimum atomic E-state index is 0.335. The zero-order valence-corrected chi connectivity index (χ0v) is 29.0. The summed E-state index contributed by atoms with van der Waals surface area (Å²) < 4.78 is 11.1. The molecule has 1 aliphatic rings. The summed E-state index contributed by atoms with van der Waals surface area (Å²) in [6.45, 7) is 18.0. The lowest BCUT2D eigenvalue weighted by Crippen LogP contribution is -2.16. The zero-order chi connectivity index (χ0) is 33.0. The molecule has 1 unspecified atom stereocenters. The van der Waals surface area contributed by atoms with Crippen molar-refractivity contribution in [2.24, 2.45) is 5.92 Å². The van der Waals surface area contributed by atoms with Gasteiger partial charge in [0.25, 0.3) is 0 Å². The van der Waals surface area contributed by atoms with Gasteiger partial charge < -0.3 is 4.74 Å². The first-order valence-corrected chi connectivity index (χ1v) is 17.2. The molecule has 0 saturated heterocycles. The van der Waals surface area contributed by atoms with Crippen LogP contribution in [0.2, 0.25) is 0 Å². The van der Waals surface area contributed by atoms with Gasteiger partial charge in [-0.15, -0.1) is 0 Å².